The molecule has 1 amide bonds. The molecule has 1 aliphatic heterocycles. The van der Waals surface area contributed by atoms with Crippen LogP contribution in [0.25, 0.3) is 0 Å². The second-order valence-corrected chi connectivity index (χ2v) is 5.44. The monoisotopic (exact) mass is 266 g/mol. The average Bonchev–Trinajstić information content (AvgIpc) is 2.80. The smallest absolute Gasteiger partial charge is 0.227 e. The molecule has 0 spiro atoms. The Morgan fingerprint density at radius 1 is 1.25 bits per heavy atom. The van der Waals surface area contributed by atoms with Crippen LogP contribution in [-0.2, 0) is 11.2 Å². The highest BCUT2D eigenvalue weighted by Gasteiger charge is 2.30. The Bertz CT molecular complexity index is 609. The Morgan fingerprint density at radius 2 is 2.05 bits per heavy atom. The molecule has 0 bridgehead atoms. The van der Waals surface area contributed by atoms with Crippen LogP contribution in [0.5, 0.6) is 0 Å². The lowest BCUT2D eigenvalue weighted by Crippen LogP contribution is -2.24. The van der Waals surface area contributed by atoms with Crippen LogP contribution < -0.4 is 4.90 Å². The van der Waals surface area contributed by atoms with Gasteiger partial charge in [0.25, 0.3) is 0 Å². The van der Waals surface area contributed by atoms with Gasteiger partial charge in [0.15, 0.2) is 0 Å². The van der Waals surface area contributed by atoms with Crippen LogP contribution in [0.15, 0.2) is 48.7 Å². The van der Waals surface area contributed by atoms with Gasteiger partial charge in [-0.05, 0) is 49.1 Å². The topological polar surface area (TPSA) is 33.2 Å². The first-order valence-electron chi connectivity index (χ1n) is 6.99. The van der Waals surface area contributed by atoms with Crippen molar-refractivity contribution in [3.8, 4) is 0 Å². The number of nitrogens with zero attached hydrogens (tertiary/aromatic N) is 2. The summed E-state index contributed by atoms with van der Waals surface area (Å²) in [5.41, 5.74) is 3.30. The molecular weight excluding hydrogens is 248 g/mol. The molecule has 3 heteroatoms. The number of rotatable bonds is 3. The molecule has 20 heavy (non-hydrogen) atoms. The number of aromatic nitrogens is 1. The van der Waals surface area contributed by atoms with Crippen molar-refractivity contribution in [1.29, 1.82) is 0 Å². The van der Waals surface area contributed by atoms with Crippen molar-refractivity contribution in [3.63, 3.8) is 0 Å². The van der Waals surface area contributed by atoms with E-state index in [2.05, 4.69) is 18.0 Å². The molecule has 1 fully saturated rings. The predicted molar refractivity (Wildman–Crippen MR) is 79.6 cm³/mol. The van der Waals surface area contributed by atoms with E-state index >= 15 is 0 Å². The Labute approximate surface area is 119 Å². The number of amides is 1. The zero-order valence-corrected chi connectivity index (χ0v) is 11.6. The lowest BCUT2D eigenvalue weighted by atomic mass is 10.0. The number of aryl methyl sites for hydroxylation is 1. The summed E-state index contributed by atoms with van der Waals surface area (Å²) in [6, 6.07) is 14.0. The fourth-order valence-electron chi connectivity index (χ4n) is 2.78. The summed E-state index contributed by atoms with van der Waals surface area (Å²) in [4.78, 5) is 18.4. The highest BCUT2D eigenvalue weighted by atomic mass is 16.2. The molecule has 0 radical (unpaired) electrons. The van der Waals surface area contributed by atoms with Gasteiger partial charge in [0.05, 0.1) is 0 Å². The van der Waals surface area contributed by atoms with E-state index < -0.39 is 0 Å². The molecule has 0 N–H and O–H groups in total. The minimum absolute atomic E-state index is 0.217. The molecule has 3 nitrogen and oxygen atoms in total. The maximum atomic E-state index is 12.1. The summed E-state index contributed by atoms with van der Waals surface area (Å²) < 4.78 is 0. The van der Waals surface area contributed by atoms with Crippen molar-refractivity contribution in [2.45, 2.75) is 19.8 Å². The largest absolute Gasteiger partial charge is 0.312 e. The molecule has 2 aromatic rings. The molecule has 102 valence electrons. The van der Waals surface area contributed by atoms with E-state index in [1.54, 1.807) is 0 Å². The van der Waals surface area contributed by atoms with Crippen LogP contribution in [0.4, 0.5) is 5.69 Å². The standard InChI is InChI=1S/C17H18N2O/c1-13-7-8-18-15(9-13)10-14-11-17(20)19(12-14)16-5-3-2-4-6-16/h2-9,14H,10-12H2,1H3/t14-/m0/s1. The zero-order chi connectivity index (χ0) is 13.9. The number of pyridine rings is 1. The summed E-state index contributed by atoms with van der Waals surface area (Å²) >= 11 is 0. The van der Waals surface area contributed by atoms with Gasteiger partial charge in [-0.2, -0.15) is 0 Å². The van der Waals surface area contributed by atoms with Gasteiger partial charge in [0.1, 0.15) is 0 Å². The first kappa shape index (κ1) is 12.9. The maximum Gasteiger partial charge on any atom is 0.227 e. The quantitative estimate of drug-likeness (QED) is 0.855. The van der Waals surface area contributed by atoms with Crippen molar-refractivity contribution in [2.24, 2.45) is 5.92 Å². The van der Waals surface area contributed by atoms with Gasteiger partial charge in [-0.3, -0.25) is 9.78 Å². The van der Waals surface area contributed by atoms with E-state index in [9.17, 15) is 4.79 Å². The van der Waals surface area contributed by atoms with Crippen LogP contribution in [0.3, 0.4) is 0 Å². The molecule has 1 saturated heterocycles. The van der Waals surface area contributed by atoms with Gasteiger partial charge >= 0.3 is 0 Å². The normalized spacial score (nSPS) is 18.6. The van der Waals surface area contributed by atoms with Crippen molar-refractivity contribution >= 4 is 11.6 Å². The Balaban J connectivity index is 1.71. The van der Waals surface area contributed by atoms with Gasteiger partial charge in [-0.15, -0.1) is 0 Å². The van der Waals surface area contributed by atoms with E-state index in [-0.39, 0.29) is 5.91 Å². The molecular formula is C17H18N2O. The summed E-state index contributed by atoms with van der Waals surface area (Å²) in [7, 11) is 0. The lowest BCUT2D eigenvalue weighted by Gasteiger charge is -2.16. The Hall–Kier alpha value is -2.16. The number of anilines is 1. The third-order valence-electron chi connectivity index (χ3n) is 3.74. The summed E-state index contributed by atoms with van der Waals surface area (Å²) in [5, 5.41) is 0. The van der Waals surface area contributed by atoms with Crippen LogP contribution >= 0.6 is 0 Å². The molecule has 2 heterocycles. The third kappa shape index (κ3) is 2.72. The molecule has 3 rings (SSSR count). The first-order chi connectivity index (χ1) is 9.72. The zero-order valence-electron chi connectivity index (χ0n) is 11.6. The fourth-order valence-corrected chi connectivity index (χ4v) is 2.78. The number of carbonyl (C=O) groups is 1. The maximum absolute atomic E-state index is 12.1. The molecule has 0 aliphatic carbocycles. The number of benzene rings is 1. The van der Waals surface area contributed by atoms with E-state index in [4.69, 9.17) is 0 Å². The highest BCUT2D eigenvalue weighted by Crippen LogP contribution is 2.26. The lowest BCUT2D eigenvalue weighted by molar-refractivity contribution is -0.117. The van der Waals surface area contributed by atoms with Gasteiger partial charge in [-0.25, -0.2) is 0 Å². The summed E-state index contributed by atoms with van der Waals surface area (Å²) in [6.07, 6.45) is 3.33. The predicted octanol–water partition coefficient (Wildman–Crippen LogP) is 2.99. The van der Waals surface area contributed by atoms with Gasteiger partial charge < -0.3 is 4.90 Å². The minimum Gasteiger partial charge on any atom is -0.312 e. The number of hydrogen-bond acceptors (Lipinski definition) is 2. The Kier molecular flexibility index (Phi) is 3.50. The van der Waals surface area contributed by atoms with Crippen molar-refractivity contribution < 1.29 is 4.79 Å². The van der Waals surface area contributed by atoms with Gasteiger partial charge in [0.2, 0.25) is 5.91 Å². The van der Waals surface area contributed by atoms with E-state index in [1.807, 2.05) is 47.5 Å². The fraction of sp³-hybridized carbons (Fsp3) is 0.294. The first-order valence-corrected chi connectivity index (χ1v) is 6.99. The third-order valence-corrected chi connectivity index (χ3v) is 3.74. The number of para-hydroxylation sites is 1. The minimum atomic E-state index is 0.217. The number of carbonyl (C=O) groups excluding carboxylic acids is 1. The van der Waals surface area contributed by atoms with E-state index in [1.165, 1.54) is 5.56 Å². The van der Waals surface area contributed by atoms with Crippen molar-refractivity contribution in [2.75, 3.05) is 11.4 Å². The molecule has 1 aromatic heterocycles. The molecule has 1 aromatic carbocycles. The van der Waals surface area contributed by atoms with Crippen LogP contribution in [-0.4, -0.2) is 17.4 Å². The van der Waals surface area contributed by atoms with E-state index in [0.717, 1.165) is 24.3 Å². The van der Waals surface area contributed by atoms with Crippen molar-refractivity contribution in [3.05, 3.63) is 59.9 Å². The van der Waals surface area contributed by atoms with Crippen LogP contribution in [0.1, 0.15) is 17.7 Å². The van der Waals surface area contributed by atoms with Gasteiger partial charge in [0, 0.05) is 30.5 Å². The second kappa shape index (κ2) is 5.45. The molecule has 1 atom stereocenters. The molecule has 0 saturated carbocycles. The van der Waals surface area contributed by atoms with Crippen molar-refractivity contribution in [1.82, 2.24) is 4.98 Å². The van der Waals surface area contributed by atoms with Crippen LogP contribution in [0, 0.1) is 12.8 Å². The Morgan fingerprint density at radius 3 is 2.80 bits per heavy atom. The SMILES string of the molecule is Cc1ccnc(C[C@H]2CC(=O)N(c3ccccc3)C2)c1. The van der Waals surface area contributed by atoms with Gasteiger partial charge in [-0.1, -0.05) is 18.2 Å². The average molecular weight is 266 g/mol. The summed E-state index contributed by atoms with van der Waals surface area (Å²) in [5.74, 6) is 0.575. The summed E-state index contributed by atoms with van der Waals surface area (Å²) in [6.45, 7) is 2.86. The second-order valence-electron chi connectivity index (χ2n) is 5.44. The van der Waals surface area contributed by atoms with Crippen LogP contribution in [0.2, 0.25) is 0 Å². The number of hydrogen-bond donors (Lipinski definition) is 0. The molecule has 1 aliphatic rings. The molecule has 0 unspecified atom stereocenters. The highest BCUT2D eigenvalue weighted by molar-refractivity contribution is 5.95. The van der Waals surface area contributed by atoms with E-state index in [0.29, 0.717) is 12.3 Å².